The van der Waals surface area contributed by atoms with Gasteiger partial charge in [-0.25, -0.2) is 13.4 Å². The van der Waals surface area contributed by atoms with E-state index in [-0.39, 0.29) is 18.4 Å². The summed E-state index contributed by atoms with van der Waals surface area (Å²) < 4.78 is 27.6. The molecule has 3 unspecified atom stereocenters. The van der Waals surface area contributed by atoms with Crippen LogP contribution in [0.1, 0.15) is 19.3 Å². The lowest BCUT2D eigenvalue weighted by Crippen LogP contribution is -2.38. The number of nitrogens with one attached hydrogen (secondary N) is 1. The molecule has 3 heterocycles. The second-order valence-corrected chi connectivity index (χ2v) is 8.30. The lowest BCUT2D eigenvalue weighted by atomic mass is 9.78. The van der Waals surface area contributed by atoms with Crippen LogP contribution in [0.25, 0.3) is 11.0 Å². The maximum absolute atomic E-state index is 13.0. The number of aromatic amines is 1. The van der Waals surface area contributed by atoms with Gasteiger partial charge in [-0.15, -0.1) is 12.4 Å². The average molecular weight is 357 g/mol. The summed E-state index contributed by atoms with van der Waals surface area (Å²) in [5, 5.41) is 0.654. The number of hydrogen-bond acceptors (Lipinski definition) is 4. The number of fused-ring (bicyclic) bond motifs is 2. The zero-order valence-corrected chi connectivity index (χ0v) is 14.3. The predicted molar refractivity (Wildman–Crippen MR) is 90.9 cm³/mol. The molecule has 2 aliphatic rings. The molecular weight excluding hydrogens is 336 g/mol. The molecule has 2 aromatic heterocycles. The third-order valence-electron chi connectivity index (χ3n) is 5.15. The zero-order valence-electron chi connectivity index (χ0n) is 12.7. The highest BCUT2D eigenvalue weighted by Crippen LogP contribution is 2.38. The van der Waals surface area contributed by atoms with Crippen LogP contribution in [-0.4, -0.2) is 41.8 Å². The summed E-state index contributed by atoms with van der Waals surface area (Å²) in [6.07, 6.45) is 6.40. The van der Waals surface area contributed by atoms with E-state index in [1.165, 1.54) is 0 Å². The molecule has 2 fully saturated rings. The summed E-state index contributed by atoms with van der Waals surface area (Å²) in [6, 6.07) is 3.68. The summed E-state index contributed by atoms with van der Waals surface area (Å²) in [5.41, 5.74) is 6.80. The SMILES string of the molecule is Cl.NC1CCCC2CN(S(=O)(=O)c3c[nH]c4ncccc34)CC12. The van der Waals surface area contributed by atoms with Crippen molar-refractivity contribution in [2.45, 2.75) is 30.2 Å². The first-order valence-corrected chi connectivity index (χ1v) is 9.19. The summed E-state index contributed by atoms with van der Waals surface area (Å²) >= 11 is 0. The predicted octanol–water partition coefficient (Wildman–Crippen LogP) is 1.73. The molecule has 8 heteroatoms. The number of halogens is 1. The van der Waals surface area contributed by atoms with Gasteiger partial charge in [-0.3, -0.25) is 0 Å². The van der Waals surface area contributed by atoms with Crippen molar-refractivity contribution in [2.24, 2.45) is 17.6 Å². The lowest BCUT2D eigenvalue weighted by molar-refractivity contribution is 0.260. The van der Waals surface area contributed by atoms with Crippen molar-refractivity contribution in [1.82, 2.24) is 14.3 Å². The van der Waals surface area contributed by atoms with Crippen LogP contribution in [-0.2, 0) is 10.0 Å². The molecule has 0 amide bonds. The Morgan fingerprint density at radius 2 is 2.13 bits per heavy atom. The number of nitrogens with two attached hydrogens (primary N) is 1. The van der Waals surface area contributed by atoms with Gasteiger partial charge < -0.3 is 10.7 Å². The Hall–Kier alpha value is -1.15. The number of sulfonamides is 1. The fourth-order valence-corrected chi connectivity index (χ4v) is 5.64. The lowest BCUT2D eigenvalue weighted by Gasteiger charge is -2.29. The molecule has 3 N–H and O–H groups in total. The molecule has 6 nitrogen and oxygen atoms in total. The molecule has 0 bridgehead atoms. The Labute approximate surface area is 141 Å². The van der Waals surface area contributed by atoms with E-state index < -0.39 is 10.0 Å². The molecule has 0 radical (unpaired) electrons. The minimum atomic E-state index is -3.50. The zero-order chi connectivity index (χ0) is 15.3. The second-order valence-electron chi connectivity index (χ2n) is 6.39. The molecule has 3 atom stereocenters. The van der Waals surface area contributed by atoms with Gasteiger partial charge in [0.25, 0.3) is 0 Å². The minimum Gasteiger partial charge on any atom is -0.345 e. The first kappa shape index (κ1) is 16.7. The molecular formula is C15H21ClN4O2S. The van der Waals surface area contributed by atoms with E-state index in [4.69, 9.17) is 5.73 Å². The maximum atomic E-state index is 13.0. The van der Waals surface area contributed by atoms with Crippen LogP contribution in [0.4, 0.5) is 0 Å². The quantitative estimate of drug-likeness (QED) is 0.857. The molecule has 1 aliphatic carbocycles. The highest BCUT2D eigenvalue weighted by Gasteiger charge is 2.43. The van der Waals surface area contributed by atoms with Crippen LogP contribution in [0.3, 0.4) is 0 Å². The Bertz CT molecular complexity index is 807. The van der Waals surface area contributed by atoms with Crippen molar-refractivity contribution in [2.75, 3.05) is 13.1 Å². The van der Waals surface area contributed by atoms with E-state index in [0.29, 0.717) is 40.9 Å². The summed E-state index contributed by atoms with van der Waals surface area (Å²) in [5.74, 6) is 0.703. The molecule has 0 spiro atoms. The molecule has 1 saturated heterocycles. The van der Waals surface area contributed by atoms with Gasteiger partial charge in [0, 0.05) is 36.9 Å². The van der Waals surface area contributed by atoms with E-state index in [2.05, 4.69) is 9.97 Å². The van der Waals surface area contributed by atoms with Crippen molar-refractivity contribution >= 4 is 33.5 Å². The van der Waals surface area contributed by atoms with Gasteiger partial charge in [-0.05, 0) is 36.8 Å². The monoisotopic (exact) mass is 356 g/mol. The van der Waals surface area contributed by atoms with Crippen LogP contribution in [0.2, 0.25) is 0 Å². The van der Waals surface area contributed by atoms with Gasteiger partial charge in [-0.2, -0.15) is 4.31 Å². The second kappa shape index (κ2) is 6.05. The Balaban J connectivity index is 0.00000156. The van der Waals surface area contributed by atoms with Gasteiger partial charge >= 0.3 is 0 Å². The fourth-order valence-electron chi connectivity index (χ4n) is 3.96. The van der Waals surface area contributed by atoms with Crippen LogP contribution < -0.4 is 5.73 Å². The van der Waals surface area contributed by atoms with Crippen molar-refractivity contribution in [3.63, 3.8) is 0 Å². The Morgan fingerprint density at radius 3 is 2.91 bits per heavy atom. The van der Waals surface area contributed by atoms with Gasteiger partial charge in [0.05, 0.1) is 0 Å². The highest BCUT2D eigenvalue weighted by molar-refractivity contribution is 7.89. The van der Waals surface area contributed by atoms with E-state index >= 15 is 0 Å². The van der Waals surface area contributed by atoms with Gasteiger partial charge in [0.15, 0.2) is 0 Å². The average Bonchev–Trinajstić information content (AvgIpc) is 3.12. The Kier molecular flexibility index (Phi) is 4.39. The summed E-state index contributed by atoms with van der Waals surface area (Å²) in [4.78, 5) is 7.44. The molecule has 1 saturated carbocycles. The van der Waals surface area contributed by atoms with Gasteiger partial charge in [0.1, 0.15) is 10.5 Å². The van der Waals surface area contributed by atoms with E-state index in [1.54, 1.807) is 28.8 Å². The summed E-state index contributed by atoms with van der Waals surface area (Å²) in [6.45, 7) is 1.13. The number of aromatic nitrogens is 2. The van der Waals surface area contributed by atoms with E-state index in [9.17, 15) is 8.42 Å². The summed E-state index contributed by atoms with van der Waals surface area (Å²) in [7, 11) is -3.50. The van der Waals surface area contributed by atoms with Crippen LogP contribution in [0, 0.1) is 11.8 Å². The highest BCUT2D eigenvalue weighted by atomic mass is 35.5. The fraction of sp³-hybridized carbons (Fsp3) is 0.533. The van der Waals surface area contributed by atoms with Crippen LogP contribution in [0.5, 0.6) is 0 Å². The molecule has 126 valence electrons. The van der Waals surface area contributed by atoms with Crippen molar-refractivity contribution in [1.29, 1.82) is 0 Å². The third kappa shape index (κ3) is 2.65. The van der Waals surface area contributed by atoms with E-state index in [0.717, 1.165) is 19.3 Å². The standard InChI is InChI=1S/C15H20N4O2S.ClH/c16-13-5-1-3-10-8-19(9-12(10)13)22(20,21)14-7-18-15-11(14)4-2-6-17-15;/h2,4,6-7,10,12-13H,1,3,5,8-9,16H2,(H,17,18);1H. The number of rotatable bonds is 2. The van der Waals surface area contributed by atoms with Crippen molar-refractivity contribution < 1.29 is 8.42 Å². The van der Waals surface area contributed by atoms with Crippen molar-refractivity contribution in [3.05, 3.63) is 24.5 Å². The number of hydrogen-bond donors (Lipinski definition) is 2. The largest absolute Gasteiger partial charge is 0.345 e. The molecule has 23 heavy (non-hydrogen) atoms. The Morgan fingerprint density at radius 1 is 1.30 bits per heavy atom. The smallest absolute Gasteiger partial charge is 0.245 e. The van der Waals surface area contributed by atoms with Crippen LogP contribution in [0.15, 0.2) is 29.4 Å². The first-order valence-electron chi connectivity index (χ1n) is 7.75. The van der Waals surface area contributed by atoms with E-state index in [1.807, 2.05) is 0 Å². The number of nitrogens with zero attached hydrogens (tertiary/aromatic N) is 2. The molecule has 2 aromatic rings. The molecule has 1 aliphatic heterocycles. The molecule has 0 aromatic carbocycles. The number of H-pyrrole nitrogens is 1. The van der Waals surface area contributed by atoms with Crippen molar-refractivity contribution in [3.8, 4) is 0 Å². The third-order valence-corrected chi connectivity index (χ3v) is 7.02. The first-order chi connectivity index (χ1) is 10.6. The topological polar surface area (TPSA) is 92.1 Å². The normalized spacial score (nSPS) is 28.5. The van der Waals surface area contributed by atoms with Gasteiger partial charge in [-0.1, -0.05) is 6.42 Å². The maximum Gasteiger partial charge on any atom is 0.245 e. The minimum absolute atomic E-state index is 0. The number of pyridine rings is 1. The van der Waals surface area contributed by atoms with Gasteiger partial charge in [0.2, 0.25) is 10.0 Å². The molecule has 4 rings (SSSR count). The van der Waals surface area contributed by atoms with Crippen LogP contribution >= 0.6 is 12.4 Å².